The third-order valence-electron chi connectivity index (χ3n) is 5.06. The van der Waals surface area contributed by atoms with Crippen molar-refractivity contribution < 1.29 is 32.4 Å². The van der Waals surface area contributed by atoms with Crippen molar-refractivity contribution in [3.05, 3.63) is 70.8 Å². The summed E-state index contributed by atoms with van der Waals surface area (Å²) in [5.41, 5.74) is 2.35. The molecule has 0 fully saturated rings. The largest absolute Gasteiger partial charge is 0.494 e. The Hall–Kier alpha value is -3.79. The Labute approximate surface area is 191 Å². The maximum atomic E-state index is 12.7. The summed E-state index contributed by atoms with van der Waals surface area (Å²) in [6, 6.07) is 12.0. The minimum Gasteiger partial charge on any atom is -0.494 e. The standard InChI is InChI=1S/C23H24N2O7S/c1-5-31-23(28)20(17-8-6-14(2)7-9-17)24-32-33(29,30)19-12-10-18(11-13-19)25-21(26)15(3)16(4)22(25)27/h6-13,26-27H,5H2,1-4H3. The molecular weight excluding hydrogens is 448 g/mol. The molecule has 0 bridgehead atoms. The van der Waals surface area contributed by atoms with Crippen molar-refractivity contribution in [2.75, 3.05) is 6.61 Å². The second kappa shape index (κ2) is 9.37. The molecule has 0 aliphatic heterocycles. The second-order valence-electron chi connectivity index (χ2n) is 7.28. The molecule has 0 spiro atoms. The van der Waals surface area contributed by atoms with E-state index in [4.69, 9.17) is 9.02 Å². The van der Waals surface area contributed by atoms with Crippen LogP contribution in [0.25, 0.3) is 5.69 Å². The quantitative estimate of drug-likeness (QED) is 0.306. The van der Waals surface area contributed by atoms with E-state index in [-0.39, 0.29) is 29.0 Å². The maximum Gasteiger partial charge on any atom is 0.361 e. The normalized spacial score (nSPS) is 11.9. The average Bonchev–Trinajstić information content (AvgIpc) is 2.98. The number of nitrogens with zero attached hydrogens (tertiary/aromatic N) is 2. The number of ether oxygens (including phenoxy) is 1. The first kappa shape index (κ1) is 23.9. The van der Waals surface area contributed by atoms with Crippen molar-refractivity contribution in [1.82, 2.24) is 4.57 Å². The molecule has 174 valence electrons. The van der Waals surface area contributed by atoms with Crippen LogP contribution in [0.5, 0.6) is 11.8 Å². The predicted octanol–water partition coefficient (Wildman–Crippen LogP) is 3.49. The molecule has 1 heterocycles. The molecular formula is C23H24N2O7S. The number of carbonyl (C=O) groups is 1. The Morgan fingerprint density at radius 3 is 2.00 bits per heavy atom. The highest BCUT2D eigenvalue weighted by atomic mass is 32.2. The van der Waals surface area contributed by atoms with Gasteiger partial charge in [0, 0.05) is 16.7 Å². The fourth-order valence-corrected chi connectivity index (χ4v) is 3.75. The summed E-state index contributed by atoms with van der Waals surface area (Å²) in [4.78, 5) is 12.1. The van der Waals surface area contributed by atoms with E-state index >= 15 is 0 Å². The summed E-state index contributed by atoms with van der Waals surface area (Å²) in [6.07, 6.45) is 0. The van der Waals surface area contributed by atoms with Gasteiger partial charge in [-0.25, -0.2) is 4.79 Å². The fraction of sp³-hybridized carbons (Fsp3) is 0.217. The van der Waals surface area contributed by atoms with Gasteiger partial charge in [0.1, 0.15) is 4.90 Å². The van der Waals surface area contributed by atoms with Crippen molar-refractivity contribution in [1.29, 1.82) is 0 Å². The highest BCUT2D eigenvalue weighted by Crippen LogP contribution is 2.35. The van der Waals surface area contributed by atoms with Gasteiger partial charge in [-0.2, -0.15) is 8.42 Å². The van der Waals surface area contributed by atoms with Crippen molar-refractivity contribution in [3.8, 4) is 17.4 Å². The van der Waals surface area contributed by atoms with E-state index < -0.39 is 16.1 Å². The van der Waals surface area contributed by atoms with Gasteiger partial charge in [-0.05, 0) is 52.0 Å². The number of esters is 1. The molecule has 0 atom stereocenters. The lowest BCUT2D eigenvalue weighted by Crippen LogP contribution is -2.20. The zero-order valence-electron chi connectivity index (χ0n) is 18.6. The third-order valence-corrected chi connectivity index (χ3v) is 6.18. The SMILES string of the molecule is CCOC(=O)C(=NOS(=O)(=O)c1ccc(-n2c(O)c(C)c(C)c2O)cc1)c1ccc(C)cc1. The van der Waals surface area contributed by atoms with Crippen LogP contribution in [0.2, 0.25) is 0 Å². The van der Waals surface area contributed by atoms with Crippen molar-refractivity contribution in [3.63, 3.8) is 0 Å². The number of oxime groups is 1. The van der Waals surface area contributed by atoms with E-state index in [1.807, 2.05) is 6.92 Å². The summed E-state index contributed by atoms with van der Waals surface area (Å²) in [5.74, 6) is -1.13. The number of aromatic nitrogens is 1. The van der Waals surface area contributed by atoms with Crippen LogP contribution in [0.1, 0.15) is 29.2 Å². The highest BCUT2D eigenvalue weighted by molar-refractivity contribution is 7.86. The summed E-state index contributed by atoms with van der Waals surface area (Å²) in [7, 11) is -4.37. The zero-order valence-corrected chi connectivity index (χ0v) is 19.4. The first-order chi connectivity index (χ1) is 15.6. The smallest absolute Gasteiger partial charge is 0.361 e. The Bertz CT molecular complexity index is 1280. The second-order valence-corrected chi connectivity index (χ2v) is 8.81. The predicted molar refractivity (Wildman–Crippen MR) is 121 cm³/mol. The number of rotatable bonds is 7. The summed E-state index contributed by atoms with van der Waals surface area (Å²) in [6.45, 7) is 6.87. The van der Waals surface area contributed by atoms with Gasteiger partial charge in [0.15, 0.2) is 5.71 Å². The van der Waals surface area contributed by atoms with E-state index in [1.165, 1.54) is 28.8 Å². The maximum absolute atomic E-state index is 12.7. The van der Waals surface area contributed by atoms with Gasteiger partial charge >= 0.3 is 16.1 Å². The molecule has 0 saturated heterocycles. The molecule has 33 heavy (non-hydrogen) atoms. The molecule has 0 aliphatic carbocycles. The van der Waals surface area contributed by atoms with E-state index in [2.05, 4.69) is 5.16 Å². The molecule has 0 saturated carbocycles. The van der Waals surface area contributed by atoms with Gasteiger partial charge in [0.25, 0.3) is 0 Å². The molecule has 0 aliphatic rings. The number of hydrogen-bond donors (Lipinski definition) is 2. The van der Waals surface area contributed by atoms with Crippen molar-refractivity contribution in [2.24, 2.45) is 5.16 Å². The lowest BCUT2D eigenvalue weighted by atomic mass is 10.1. The highest BCUT2D eigenvalue weighted by Gasteiger charge is 2.22. The summed E-state index contributed by atoms with van der Waals surface area (Å²) < 4.78 is 36.3. The molecule has 1 aromatic heterocycles. The zero-order chi connectivity index (χ0) is 24.3. The molecule has 0 radical (unpaired) electrons. The molecule has 0 amide bonds. The molecule has 0 unspecified atom stereocenters. The first-order valence-corrected chi connectivity index (χ1v) is 11.4. The number of carbonyl (C=O) groups excluding carboxylic acids is 1. The topological polar surface area (TPSA) is 127 Å². The fourth-order valence-electron chi connectivity index (χ4n) is 3.03. The van der Waals surface area contributed by atoms with E-state index in [1.54, 1.807) is 45.0 Å². The van der Waals surface area contributed by atoms with Gasteiger partial charge in [-0.1, -0.05) is 35.0 Å². The van der Waals surface area contributed by atoms with Crippen LogP contribution in [0.4, 0.5) is 0 Å². The van der Waals surface area contributed by atoms with Crippen LogP contribution in [0, 0.1) is 20.8 Å². The average molecular weight is 473 g/mol. The lowest BCUT2D eigenvalue weighted by molar-refractivity contribution is -0.135. The monoisotopic (exact) mass is 472 g/mol. The molecule has 10 heteroatoms. The lowest BCUT2D eigenvalue weighted by Gasteiger charge is -2.09. The Morgan fingerprint density at radius 2 is 1.48 bits per heavy atom. The Kier molecular flexibility index (Phi) is 6.78. The number of benzene rings is 2. The Morgan fingerprint density at radius 1 is 0.939 bits per heavy atom. The van der Waals surface area contributed by atoms with Crippen molar-refractivity contribution >= 4 is 21.8 Å². The molecule has 2 aromatic carbocycles. The summed E-state index contributed by atoms with van der Waals surface area (Å²) >= 11 is 0. The molecule has 3 aromatic rings. The number of hydrogen-bond acceptors (Lipinski definition) is 8. The van der Waals surface area contributed by atoms with Crippen LogP contribution in [-0.4, -0.2) is 41.5 Å². The van der Waals surface area contributed by atoms with Gasteiger partial charge in [0.05, 0.1) is 12.3 Å². The van der Waals surface area contributed by atoms with E-state index in [0.717, 1.165) is 5.56 Å². The molecule has 9 nitrogen and oxygen atoms in total. The molecule has 3 rings (SSSR count). The van der Waals surface area contributed by atoms with Gasteiger partial charge in [-0.15, -0.1) is 0 Å². The van der Waals surface area contributed by atoms with Crippen LogP contribution < -0.4 is 0 Å². The van der Waals surface area contributed by atoms with Gasteiger partial charge < -0.3 is 14.9 Å². The minimum absolute atomic E-state index is 0.0793. The van der Waals surface area contributed by atoms with Crippen LogP contribution in [0.3, 0.4) is 0 Å². The molecule has 2 N–H and O–H groups in total. The van der Waals surface area contributed by atoms with Crippen LogP contribution in [-0.2, 0) is 23.9 Å². The van der Waals surface area contributed by atoms with Gasteiger partial charge in [-0.3, -0.25) is 8.85 Å². The summed E-state index contributed by atoms with van der Waals surface area (Å²) in [5, 5.41) is 24.1. The Balaban J connectivity index is 1.91. The van der Waals surface area contributed by atoms with Crippen molar-refractivity contribution in [2.45, 2.75) is 32.6 Å². The van der Waals surface area contributed by atoms with Gasteiger partial charge in [0.2, 0.25) is 11.8 Å². The first-order valence-electron chi connectivity index (χ1n) is 10.0. The van der Waals surface area contributed by atoms with E-state index in [9.17, 15) is 23.4 Å². The number of aromatic hydroxyl groups is 2. The number of aryl methyl sites for hydroxylation is 1. The third kappa shape index (κ3) is 4.85. The van der Waals surface area contributed by atoms with E-state index in [0.29, 0.717) is 22.4 Å². The van der Waals surface area contributed by atoms with Crippen LogP contribution >= 0.6 is 0 Å². The van der Waals surface area contributed by atoms with Crippen LogP contribution in [0.15, 0.2) is 58.6 Å². The minimum atomic E-state index is -4.37.